The first kappa shape index (κ1) is 24.0. The van der Waals surface area contributed by atoms with E-state index in [1.165, 1.54) is 0 Å². The van der Waals surface area contributed by atoms with Gasteiger partial charge in [0.2, 0.25) is 5.91 Å². The van der Waals surface area contributed by atoms with E-state index in [4.69, 9.17) is 10.5 Å². The second-order valence-electron chi connectivity index (χ2n) is 6.32. The fourth-order valence-corrected chi connectivity index (χ4v) is 2.43. The Morgan fingerprint density at radius 3 is 2.00 bits per heavy atom. The maximum atomic E-state index is 14.1. The number of amides is 2. The van der Waals surface area contributed by atoms with Gasteiger partial charge < -0.3 is 15.8 Å². The highest BCUT2D eigenvalue weighted by Gasteiger charge is 2.36. The number of carbonyl (C=O) groups excluding carboxylic acids is 2. The Bertz CT molecular complexity index is 940. The van der Waals surface area contributed by atoms with Crippen molar-refractivity contribution in [1.82, 2.24) is 5.32 Å². The van der Waals surface area contributed by atoms with Crippen LogP contribution in [0.2, 0.25) is 0 Å². The number of alkyl halides is 6. The molecule has 0 aromatic heterocycles. The summed E-state index contributed by atoms with van der Waals surface area (Å²) >= 11 is 0. The van der Waals surface area contributed by atoms with Crippen LogP contribution < -0.4 is 15.8 Å². The van der Waals surface area contributed by atoms with Crippen molar-refractivity contribution in [3.05, 3.63) is 64.5 Å². The van der Waals surface area contributed by atoms with Crippen molar-refractivity contribution in [1.29, 1.82) is 0 Å². The molecule has 12 heteroatoms. The van der Waals surface area contributed by atoms with Gasteiger partial charge in [-0.1, -0.05) is 0 Å². The summed E-state index contributed by atoms with van der Waals surface area (Å²) in [5.41, 5.74) is 1.06. The molecule has 0 saturated carbocycles. The highest BCUT2D eigenvalue weighted by Crippen LogP contribution is 2.36. The molecule has 2 rings (SSSR count). The largest absolute Gasteiger partial charge is 0.489 e. The third-order valence-corrected chi connectivity index (χ3v) is 3.90. The van der Waals surface area contributed by atoms with E-state index >= 15 is 0 Å². The lowest BCUT2D eigenvalue weighted by molar-refractivity contribution is -0.143. The lowest BCUT2D eigenvalue weighted by atomic mass is 10.1. The minimum atomic E-state index is -5.01. The molecule has 5 nitrogen and oxygen atoms in total. The van der Waals surface area contributed by atoms with Gasteiger partial charge >= 0.3 is 12.4 Å². The normalized spacial score (nSPS) is 11.8. The van der Waals surface area contributed by atoms with Crippen molar-refractivity contribution in [2.24, 2.45) is 5.73 Å². The molecule has 0 radical (unpaired) electrons. The van der Waals surface area contributed by atoms with E-state index < -0.39 is 58.8 Å². The maximum Gasteiger partial charge on any atom is 0.416 e. The van der Waals surface area contributed by atoms with Crippen molar-refractivity contribution in [2.75, 3.05) is 6.54 Å². The van der Waals surface area contributed by atoms with Crippen molar-refractivity contribution in [3.8, 4) is 5.75 Å². The van der Waals surface area contributed by atoms with Crippen molar-refractivity contribution >= 4 is 11.8 Å². The maximum absolute atomic E-state index is 14.1. The first-order valence-electron chi connectivity index (χ1n) is 8.54. The lowest BCUT2D eigenvalue weighted by Gasteiger charge is -2.15. The second kappa shape index (κ2) is 9.23. The number of nitrogens with one attached hydrogen (secondary N) is 1. The monoisotopic (exact) mass is 452 g/mol. The Kier molecular flexibility index (Phi) is 7.13. The number of halogens is 7. The molecular formula is C19H15F7N2O3. The third kappa shape index (κ3) is 6.86. The summed E-state index contributed by atoms with van der Waals surface area (Å²) in [6.45, 7) is -0.834. The highest BCUT2D eigenvalue weighted by atomic mass is 19.4. The molecule has 2 aromatic carbocycles. The van der Waals surface area contributed by atoms with E-state index in [0.29, 0.717) is 12.1 Å². The fourth-order valence-electron chi connectivity index (χ4n) is 2.43. The first-order chi connectivity index (χ1) is 14.3. The zero-order chi connectivity index (χ0) is 23.4. The van der Waals surface area contributed by atoms with E-state index in [9.17, 15) is 40.3 Å². The number of benzene rings is 2. The SMILES string of the molecule is NC(=O)CCNC(=O)c1ccc(OCc2cc(C(F)(F)F)cc(C(F)(F)F)c2)cc1F. The number of hydrogen-bond donors (Lipinski definition) is 2. The molecule has 168 valence electrons. The summed E-state index contributed by atoms with van der Waals surface area (Å²) in [7, 11) is 0. The Balaban J connectivity index is 2.15. The molecule has 2 aromatic rings. The average Bonchev–Trinajstić information content (AvgIpc) is 2.64. The predicted octanol–water partition coefficient (Wildman–Crippen LogP) is 4.05. The molecule has 0 spiro atoms. The molecule has 0 aliphatic rings. The van der Waals surface area contributed by atoms with Gasteiger partial charge in [0.1, 0.15) is 18.2 Å². The van der Waals surface area contributed by atoms with Crippen molar-refractivity contribution in [2.45, 2.75) is 25.4 Å². The quantitative estimate of drug-likeness (QED) is 0.622. The van der Waals surface area contributed by atoms with Crippen LogP contribution in [0.4, 0.5) is 30.7 Å². The molecule has 0 bridgehead atoms. The Hall–Kier alpha value is -3.31. The van der Waals surface area contributed by atoms with Gasteiger partial charge in [-0.3, -0.25) is 9.59 Å². The van der Waals surface area contributed by atoms with Crippen LogP contribution in [-0.2, 0) is 23.8 Å². The molecule has 0 aliphatic heterocycles. The topological polar surface area (TPSA) is 81.4 Å². The van der Waals surface area contributed by atoms with E-state index in [1.54, 1.807) is 0 Å². The lowest BCUT2D eigenvalue weighted by Crippen LogP contribution is -2.28. The van der Waals surface area contributed by atoms with Crippen LogP contribution in [0.5, 0.6) is 5.75 Å². The minimum absolute atomic E-state index is 0.0190. The summed E-state index contributed by atoms with van der Waals surface area (Å²) in [6, 6.07) is 3.84. The molecule has 0 heterocycles. The van der Waals surface area contributed by atoms with Gasteiger partial charge in [-0.2, -0.15) is 26.3 Å². The minimum Gasteiger partial charge on any atom is -0.489 e. The first-order valence-corrected chi connectivity index (χ1v) is 8.54. The second-order valence-corrected chi connectivity index (χ2v) is 6.32. The van der Waals surface area contributed by atoms with Crippen LogP contribution in [-0.4, -0.2) is 18.4 Å². The molecule has 3 N–H and O–H groups in total. The number of rotatable bonds is 7. The molecule has 0 saturated heterocycles. The molecule has 0 atom stereocenters. The molecular weight excluding hydrogens is 437 g/mol. The zero-order valence-corrected chi connectivity index (χ0v) is 15.5. The van der Waals surface area contributed by atoms with Gasteiger partial charge in [-0.25, -0.2) is 4.39 Å². The highest BCUT2D eigenvalue weighted by molar-refractivity contribution is 5.94. The van der Waals surface area contributed by atoms with E-state index in [0.717, 1.165) is 18.2 Å². The summed E-state index contributed by atoms with van der Waals surface area (Å²) < 4.78 is 96.5. The number of hydrogen-bond acceptors (Lipinski definition) is 3. The van der Waals surface area contributed by atoms with E-state index in [1.807, 2.05) is 0 Å². The molecule has 2 amide bonds. The summed E-state index contributed by atoms with van der Waals surface area (Å²) in [6.07, 6.45) is -10.2. The summed E-state index contributed by atoms with van der Waals surface area (Å²) in [4.78, 5) is 22.5. The average molecular weight is 452 g/mol. The number of ether oxygens (including phenoxy) is 1. The van der Waals surface area contributed by atoms with Crippen LogP contribution in [0.1, 0.15) is 33.5 Å². The van der Waals surface area contributed by atoms with E-state index in [-0.39, 0.29) is 24.8 Å². The zero-order valence-electron chi connectivity index (χ0n) is 15.5. The molecule has 0 fully saturated rings. The van der Waals surface area contributed by atoms with Crippen molar-refractivity contribution in [3.63, 3.8) is 0 Å². The van der Waals surface area contributed by atoms with Gasteiger partial charge in [0.25, 0.3) is 5.91 Å². The van der Waals surface area contributed by atoms with Gasteiger partial charge in [-0.15, -0.1) is 0 Å². The van der Waals surface area contributed by atoms with Gasteiger partial charge in [0.05, 0.1) is 16.7 Å². The smallest absolute Gasteiger partial charge is 0.416 e. The number of nitrogens with two attached hydrogens (primary N) is 1. The van der Waals surface area contributed by atoms with E-state index in [2.05, 4.69) is 5.32 Å². The standard InChI is InChI=1S/C19H15F7N2O3/c20-15-8-13(1-2-14(15)17(30)28-4-3-16(27)29)31-9-10-5-11(18(21,22)23)7-12(6-10)19(24,25)26/h1-2,5-8H,3-4,9H2,(H2,27,29)(H,28,30). The fraction of sp³-hybridized carbons (Fsp3) is 0.263. The van der Waals surface area contributed by atoms with Crippen molar-refractivity contribution < 1.29 is 45.1 Å². The summed E-state index contributed by atoms with van der Waals surface area (Å²) in [5, 5.41) is 2.26. The Labute approximate surface area is 171 Å². The third-order valence-electron chi connectivity index (χ3n) is 3.90. The van der Waals surface area contributed by atoms with Gasteiger partial charge in [0.15, 0.2) is 0 Å². The van der Waals surface area contributed by atoms with Crippen LogP contribution in [0.25, 0.3) is 0 Å². The Morgan fingerprint density at radius 1 is 0.935 bits per heavy atom. The van der Waals surface area contributed by atoms with Crippen LogP contribution in [0.3, 0.4) is 0 Å². The van der Waals surface area contributed by atoms with Gasteiger partial charge in [-0.05, 0) is 35.9 Å². The van der Waals surface area contributed by atoms with Crippen LogP contribution in [0.15, 0.2) is 36.4 Å². The number of carbonyl (C=O) groups is 2. The molecule has 31 heavy (non-hydrogen) atoms. The Morgan fingerprint density at radius 2 is 1.52 bits per heavy atom. The van der Waals surface area contributed by atoms with Crippen LogP contribution >= 0.6 is 0 Å². The predicted molar refractivity (Wildman–Crippen MR) is 93.3 cm³/mol. The van der Waals surface area contributed by atoms with Gasteiger partial charge in [0, 0.05) is 19.0 Å². The molecule has 0 aliphatic carbocycles. The number of primary amides is 1. The molecule has 0 unspecified atom stereocenters. The summed E-state index contributed by atoms with van der Waals surface area (Å²) in [5.74, 6) is -2.79. The van der Waals surface area contributed by atoms with Crippen LogP contribution in [0, 0.1) is 5.82 Å².